The number of nitrogens with zero attached hydrogens (tertiary/aromatic N) is 6. The van der Waals surface area contributed by atoms with Gasteiger partial charge in [-0.3, -0.25) is 15.2 Å². The molecule has 1 saturated heterocycles. The molecule has 4 rings (SSSR count). The summed E-state index contributed by atoms with van der Waals surface area (Å²) >= 11 is 0. The lowest BCUT2D eigenvalue weighted by atomic mass is 9.97. The molecule has 1 atom stereocenters. The topological polar surface area (TPSA) is 124 Å². The number of amidine groups is 1. The van der Waals surface area contributed by atoms with Crippen molar-refractivity contribution in [3.05, 3.63) is 71.7 Å². The molecular formula is C27H30N8O. The maximum absolute atomic E-state index is 11.4. The summed E-state index contributed by atoms with van der Waals surface area (Å²) in [5.74, 6) is 0.898. The van der Waals surface area contributed by atoms with Crippen LogP contribution in [-0.2, 0) is 11.2 Å². The average Bonchev–Trinajstić information content (AvgIpc) is 2.85. The van der Waals surface area contributed by atoms with E-state index < -0.39 is 0 Å². The molecule has 1 aromatic carbocycles. The van der Waals surface area contributed by atoms with E-state index in [2.05, 4.69) is 38.3 Å². The summed E-state index contributed by atoms with van der Waals surface area (Å²) in [6.45, 7) is 7.83. The molecule has 184 valence electrons. The Morgan fingerprint density at radius 3 is 2.72 bits per heavy atom. The van der Waals surface area contributed by atoms with Crippen molar-refractivity contribution >= 4 is 23.2 Å². The minimum Gasteiger partial charge on any atom is -0.387 e. The number of nitrogens with one attached hydrogen (secondary N) is 1. The van der Waals surface area contributed by atoms with Crippen molar-refractivity contribution in [1.82, 2.24) is 20.4 Å². The van der Waals surface area contributed by atoms with Crippen LogP contribution in [0, 0.1) is 18.3 Å². The van der Waals surface area contributed by atoms with Crippen molar-refractivity contribution in [1.29, 1.82) is 5.26 Å². The number of carbonyl (C=O) groups excluding carboxylic acids is 1. The number of hydrogen-bond acceptors (Lipinski definition) is 7. The molecule has 0 spiro atoms. The maximum atomic E-state index is 11.4. The number of nitrogens with two attached hydrogens (primary N) is 1. The van der Waals surface area contributed by atoms with E-state index in [9.17, 15) is 10.1 Å². The fourth-order valence-corrected chi connectivity index (χ4v) is 4.35. The molecule has 0 aliphatic carbocycles. The van der Waals surface area contributed by atoms with Gasteiger partial charge in [0.15, 0.2) is 5.82 Å². The summed E-state index contributed by atoms with van der Waals surface area (Å²) in [5, 5.41) is 11.6. The average molecular weight is 483 g/mol. The van der Waals surface area contributed by atoms with Crippen LogP contribution < -0.4 is 16.1 Å². The molecule has 3 heterocycles. The van der Waals surface area contributed by atoms with Gasteiger partial charge in [-0.05, 0) is 60.9 Å². The molecule has 36 heavy (non-hydrogen) atoms. The zero-order valence-corrected chi connectivity index (χ0v) is 20.8. The van der Waals surface area contributed by atoms with Crippen molar-refractivity contribution in [2.24, 2.45) is 10.7 Å². The van der Waals surface area contributed by atoms with Crippen molar-refractivity contribution in [2.45, 2.75) is 33.2 Å². The molecule has 1 amide bonds. The highest BCUT2D eigenvalue weighted by Crippen LogP contribution is 2.25. The molecule has 1 aliphatic rings. The number of hydrogen-bond donors (Lipinski definition) is 2. The SMILES string of the molecule is CC(=O)NN1CCN(c2ccc(N=C(N)Cc3ccc(-c4ccnc(C)c4)c(C#N)c3)nc2)C[C@@H]1C. The van der Waals surface area contributed by atoms with Crippen LogP contribution in [0.15, 0.2) is 59.9 Å². The Morgan fingerprint density at radius 1 is 1.22 bits per heavy atom. The third-order valence-electron chi connectivity index (χ3n) is 6.08. The number of piperazine rings is 1. The highest BCUT2D eigenvalue weighted by atomic mass is 16.2. The first kappa shape index (κ1) is 24.8. The van der Waals surface area contributed by atoms with Crippen LogP contribution >= 0.6 is 0 Å². The van der Waals surface area contributed by atoms with Gasteiger partial charge in [-0.15, -0.1) is 0 Å². The lowest BCUT2D eigenvalue weighted by Crippen LogP contribution is -2.58. The van der Waals surface area contributed by atoms with Gasteiger partial charge in [0.05, 0.1) is 23.5 Å². The highest BCUT2D eigenvalue weighted by molar-refractivity contribution is 5.85. The monoisotopic (exact) mass is 482 g/mol. The van der Waals surface area contributed by atoms with Crippen molar-refractivity contribution in [3.63, 3.8) is 0 Å². The lowest BCUT2D eigenvalue weighted by Gasteiger charge is -2.40. The second-order valence-electron chi connectivity index (χ2n) is 8.99. The van der Waals surface area contributed by atoms with Crippen LogP contribution in [0.3, 0.4) is 0 Å². The maximum Gasteiger partial charge on any atom is 0.231 e. The molecule has 3 N–H and O–H groups in total. The van der Waals surface area contributed by atoms with Crippen LogP contribution in [0.25, 0.3) is 11.1 Å². The molecule has 9 heteroatoms. The van der Waals surface area contributed by atoms with Crippen molar-refractivity contribution in [3.8, 4) is 17.2 Å². The molecule has 9 nitrogen and oxygen atoms in total. The Labute approximate surface area is 211 Å². The summed E-state index contributed by atoms with van der Waals surface area (Å²) in [5.41, 5.74) is 14.3. The zero-order valence-electron chi connectivity index (χ0n) is 20.8. The predicted octanol–water partition coefficient (Wildman–Crippen LogP) is 3.12. The Balaban J connectivity index is 1.42. The number of carbonyl (C=O) groups is 1. The van der Waals surface area contributed by atoms with E-state index in [4.69, 9.17) is 5.73 Å². The number of hydrazine groups is 1. The van der Waals surface area contributed by atoms with Crippen LogP contribution in [-0.4, -0.2) is 52.4 Å². The number of aromatic nitrogens is 2. The van der Waals surface area contributed by atoms with Gasteiger partial charge in [0.2, 0.25) is 5.91 Å². The number of amides is 1. The quantitative estimate of drug-likeness (QED) is 0.409. The fourth-order valence-electron chi connectivity index (χ4n) is 4.35. The first-order chi connectivity index (χ1) is 17.3. The predicted molar refractivity (Wildman–Crippen MR) is 141 cm³/mol. The second kappa shape index (κ2) is 11.0. The molecule has 1 aliphatic heterocycles. The second-order valence-corrected chi connectivity index (χ2v) is 8.99. The van der Waals surface area contributed by atoms with Gasteiger partial charge in [-0.25, -0.2) is 15.0 Å². The molecule has 0 radical (unpaired) electrons. The van der Waals surface area contributed by atoms with Gasteiger partial charge in [0.1, 0.15) is 5.84 Å². The number of rotatable bonds is 6. The Kier molecular flexibility index (Phi) is 7.56. The van der Waals surface area contributed by atoms with E-state index in [-0.39, 0.29) is 11.9 Å². The van der Waals surface area contributed by atoms with Crippen molar-refractivity contribution < 1.29 is 4.79 Å². The molecule has 1 fully saturated rings. The number of benzene rings is 1. The number of aliphatic imine (C=N–C) groups is 1. The first-order valence-corrected chi connectivity index (χ1v) is 11.9. The van der Waals surface area contributed by atoms with Gasteiger partial charge in [-0.2, -0.15) is 5.26 Å². The normalized spacial score (nSPS) is 16.4. The first-order valence-electron chi connectivity index (χ1n) is 11.9. The van der Waals surface area contributed by atoms with Crippen LogP contribution in [0.2, 0.25) is 0 Å². The van der Waals surface area contributed by atoms with E-state index in [1.165, 1.54) is 6.92 Å². The van der Waals surface area contributed by atoms with E-state index in [1.54, 1.807) is 12.4 Å². The Hall–Kier alpha value is -4.29. The summed E-state index contributed by atoms with van der Waals surface area (Å²) in [6.07, 6.45) is 3.96. The zero-order chi connectivity index (χ0) is 25.7. The molecule has 3 aromatic rings. The number of nitriles is 1. The number of pyridine rings is 2. The van der Waals surface area contributed by atoms with Gasteiger partial charge in [-0.1, -0.05) is 12.1 Å². The number of aryl methyl sites for hydroxylation is 1. The largest absolute Gasteiger partial charge is 0.387 e. The van der Waals surface area contributed by atoms with E-state index in [1.807, 2.05) is 54.4 Å². The van der Waals surface area contributed by atoms with E-state index in [0.717, 1.165) is 47.7 Å². The number of anilines is 1. The van der Waals surface area contributed by atoms with Crippen LogP contribution in [0.4, 0.5) is 11.5 Å². The minimum absolute atomic E-state index is 0.0552. The van der Waals surface area contributed by atoms with Crippen molar-refractivity contribution in [2.75, 3.05) is 24.5 Å². The fraction of sp³-hybridized carbons (Fsp3) is 0.296. The third-order valence-corrected chi connectivity index (χ3v) is 6.08. The van der Waals surface area contributed by atoms with Gasteiger partial charge in [0, 0.05) is 50.9 Å². The van der Waals surface area contributed by atoms with Crippen LogP contribution in [0.1, 0.15) is 30.7 Å². The van der Waals surface area contributed by atoms with Gasteiger partial charge >= 0.3 is 0 Å². The minimum atomic E-state index is -0.0552. The Morgan fingerprint density at radius 2 is 2.06 bits per heavy atom. The van der Waals surface area contributed by atoms with Gasteiger partial charge < -0.3 is 10.6 Å². The van der Waals surface area contributed by atoms with E-state index >= 15 is 0 Å². The summed E-state index contributed by atoms with van der Waals surface area (Å²) < 4.78 is 0. The lowest BCUT2D eigenvalue weighted by molar-refractivity contribution is -0.124. The van der Waals surface area contributed by atoms with Crippen LogP contribution in [0.5, 0.6) is 0 Å². The van der Waals surface area contributed by atoms with Gasteiger partial charge in [0.25, 0.3) is 0 Å². The van der Waals surface area contributed by atoms with E-state index in [0.29, 0.717) is 23.6 Å². The molecule has 0 unspecified atom stereocenters. The smallest absolute Gasteiger partial charge is 0.231 e. The standard InChI is InChI=1S/C27H30N8O/c1-18-12-22(8-9-30-18)25-6-4-21(13-23(25)15-28)14-26(29)32-27-7-5-24(16-31-27)34-10-11-35(19(2)17-34)33-20(3)36/h4-9,12-13,16,19H,10-11,14,17H2,1-3H3,(H,33,36)(H2,29,31,32)/t19-/m0/s1. The summed E-state index contributed by atoms with van der Waals surface area (Å²) in [4.78, 5) is 26.8. The molecule has 0 saturated carbocycles. The highest BCUT2D eigenvalue weighted by Gasteiger charge is 2.24. The molecule has 0 bridgehead atoms. The Bertz CT molecular complexity index is 1310. The molecule has 2 aromatic heterocycles. The summed E-state index contributed by atoms with van der Waals surface area (Å²) in [7, 11) is 0. The third kappa shape index (κ3) is 6.03. The summed E-state index contributed by atoms with van der Waals surface area (Å²) in [6, 6.07) is 15.9. The molecular weight excluding hydrogens is 452 g/mol.